The minimum absolute atomic E-state index is 0.169. The lowest BCUT2D eigenvalue weighted by atomic mass is 10.2. The summed E-state index contributed by atoms with van der Waals surface area (Å²) in [5.41, 5.74) is 0.856. The quantitative estimate of drug-likeness (QED) is 0.622. The van der Waals surface area contributed by atoms with Crippen molar-refractivity contribution in [3.05, 3.63) is 29.3 Å². The molecule has 0 aliphatic heterocycles. The summed E-state index contributed by atoms with van der Waals surface area (Å²) >= 11 is 5.73. The highest BCUT2D eigenvalue weighted by Gasteiger charge is 1.97. The zero-order valence-electron chi connectivity index (χ0n) is 5.63. The summed E-state index contributed by atoms with van der Waals surface area (Å²) in [6.07, 6.45) is 0. The van der Waals surface area contributed by atoms with Crippen LogP contribution in [-0.2, 0) is 0 Å². The van der Waals surface area contributed by atoms with E-state index in [1.807, 2.05) is 6.07 Å². The third-order valence-electron chi connectivity index (χ3n) is 1.57. The van der Waals surface area contributed by atoms with Gasteiger partial charge in [-0.2, -0.15) is 0 Å². The minimum Gasteiger partial charge on any atom is -0.495 e. The highest BCUT2D eigenvalue weighted by atomic mass is 35.5. The van der Waals surface area contributed by atoms with E-state index in [0.29, 0.717) is 5.02 Å². The van der Waals surface area contributed by atoms with E-state index in [2.05, 4.69) is 4.98 Å². The Morgan fingerprint density at radius 2 is 2.09 bits per heavy atom. The molecule has 1 aromatic heterocycles. The van der Waals surface area contributed by atoms with E-state index in [1.54, 1.807) is 18.2 Å². The second-order valence-corrected chi connectivity index (χ2v) is 2.82. The van der Waals surface area contributed by atoms with Crippen LogP contribution in [0.5, 0.6) is 5.88 Å². The molecular weight excluding hydrogens is 162 g/mol. The summed E-state index contributed by atoms with van der Waals surface area (Å²) in [5, 5.41) is 10.7. The Kier molecular flexibility index (Phi) is 1.29. The number of hydrogen-bond acceptors (Lipinski definition) is 1. The lowest BCUT2D eigenvalue weighted by molar-refractivity contribution is 0.458. The van der Waals surface area contributed by atoms with Crippen molar-refractivity contribution >= 4 is 22.5 Å². The zero-order chi connectivity index (χ0) is 7.84. The largest absolute Gasteiger partial charge is 0.495 e. The number of rotatable bonds is 0. The Balaban J connectivity index is 2.82. The Bertz CT molecular complexity index is 394. The molecule has 1 aromatic carbocycles. The molecule has 2 N–H and O–H groups in total. The molecule has 11 heavy (non-hydrogen) atoms. The number of benzene rings is 1. The molecule has 0 aliphatic rings. The number of H-pyrrole nitrogens is 1. The summed E-state index contributed by atoms with van der Waals surface area (Å²) in [7, 11) is 0. The molecular formula is C8H6ClNO. The summed E-state index contributed by atoms with van der Waals surface area (Å²) in [4.78, 5) is 2.77. The van der Waals surface area contributed by atoms with Gasteiger partial charge in [-0.25, -0.2) is 0 Å². The predicted octanol–water partition coefficient (Wildman–Crippen LogP) is 2.53. The van der Waals surface area contributed by atoms with Gasteiger partial charge >= 0.3 is 0 Å². The van der Waals surface area contributed by atoms with Crippen LogP contribution in [0.25, 0.3) is 10.9 Å². The van der Waals surface area contributed by atoms with Crippen molar-refractivity contribution in [3.63, 3.8) is 0 Å². The SMILES string of the molecule is Oc1cc2ccc(Cl)cc2[nH]1. The second-order valence-electron chi connectivity index (χ2n) is 2.39. The maximum absolute atomic E-state index is 9.05. The van der Waals surface area contributed by atoms with Crippen LogP contribution < -0.4 is 0 Å². The highest BCUT2D eigenvalue weighted by Crippen LogP contribution is 2.22. The van der Waals surface area contributed by atoms with Gasteiger partial charge in [0, 0.05) is 22.0 Å². The van der Waals surface area contributed by atoms with Crippen molar-refractivity contribution in [3.8, 4) is 5.88 Å². The number of fused-ring (bicyclic) bond motifs is 1. The number of aromatic hydroxyl groups is 1. The van der Waals surface area contributed by atoms with Gasteiger partial charge in [0.15, 0.2) is 5.88 Å². The third-order valence-corrected chi connectivity index (χ3v) is 1.81. The van der Waals surface area contributed by atoms with Crippen LogP contribution in [0.3, 0.4) is 0 Å². The second kappa shape index (κ2) is 2.17. The van der Waals surface area contributed by atoms with Crippen molar-refractivity contribution in [2.75, 3.05) is 0 Å². The Morgan fingerprint density at radius 3 is 2.91 bits per heavy atom. The highest BCUT2D eigenvalue weighted by molar-refractivity contribution is 6.31. The normalized spacial score (nSPS) is 10.6. The van der Waals surface area contributed by atoms with Crippen molar-refractivity contribution in [2.24, 2.45) is 0 Å². The molecule has 0 radical (unpaired) electrons. The lowest BCUT2D eigenvalue weighted by Crippen LogP contribution is -1.66. The van der Waals surface area contributed by atoms with E-state index in [9.17, 15) is 0 Å². The van der Waals surface area contributed by atoms with Crippen LogP contribution >= 0.6 is 11.6 Å². The van der Waals surface area contributed by atoms with E-state index in [1.165, 1.54) is 0 Å². The summed E-state index contributed by atoms with van der Waals surface area (Å²) < 4.78 is 0. The van der Waals surface area contributed by atoms with Crippen molar-refractivity contribution in [1.29, 1.82) is 0 Å². The fourth-order valence-corrected chi connectivity index (χ4v) is 1.26. The van der Waals surface area contributed by atoms with Crippen LogP contribution in [0.2, 0.25) is 5.02 Å². The average molecular weight is 168 g/mol. The molecule has 2 aromatic rings. The van der Waals surface area contributed by atoms with Gasteiger partial charge in [0.25, 0.3) is 0 Å². The van der Waals surface area contributed by atoms with E-state index >= 15 is 0 Å². The molecule has 0 fully saturated rings. The van der Waals surface area contributed by atoms with Gasteiger partial charge in [0.2, 0.25) is 0 Å². The monoisotopic (exact) mass is 167 g/mol. The first-order valence-electron chi connectivity index (χ1n) is 3.23. The molecule has 2 nitrogen and oxygen atoms in total. The van der Waals surface area contributed by atoms with Crippen LogP contribution in [0.15, 0.2) is 24.3 Å². The van der Waals surface area contributed by atoms with Gasteiger partial charge < -0.3 is 10.1 Å². The van der Waals surface area contributed by atoms with E-state index < -0.39 is 0 Å². The van der Waals surface area contributed by atoms with Crippen molar-refractivity contribution in [2.45, 2.75) is 0 Å². The van der Waals surface area contributed by atoms with Gasteiger partial charge in [0.05, 0.1) is 0 Å². The molecule has 3 heteroatoms. The number of hydrogen-bond donors (Lipinski definition) is 2. The number of aromatic amines is 1. The fraction of sp³-hybridized carbons (Fsp3) is 0. The van der Waals surface area contributed by atoms with E-state index in [4.69, 9.17) is 16.7 Å². The Hall–Kier alpha value is -1.15. The van der Waals surface area contributed by atoms with Crippen molar-refractivity contribution < 1.29 is 5.11 Å². The molecule has 0 bridgehead atoms. The third kappa shape index (κ3) is 1.05. The maximum atomic E-state index is 9.05. The lowest BCUT2D eigenvalue weighted by Gasteiger charge is -1.88. The standard InChI is InChI=1S/C8H6ClNO/c9-6-2-1-5-3-8(11)10-7(5)4-6/h1-4,10-11H. The van der Waals surface area contributed by atoms with E-state index in [0.717, 1.165) is 10.9 Å². The first kappa shape index (κ1) is 6.55. The maximum Gasteiger partial charge on any atom is 0.189 e. The molecule has 0 spiro atoms. The zero-order valence-corrected chi connectivity index (χ0v) is 6.39. The summed E-state index contributed by atoms with van der Waals surface area (Å²) in [6.45, 7) is 0. The number of halogens is 1. The first-order chi connectivity index (χ1) is 5.25. The molecule has 0 unspecified atom stereocenters. The molecule has 1 heterocycles. The Labute approximate surface area is 68.4 Å². The van der Waals surface area contributed by atoms with Gasteiger partial charge in [-0.1, -0.05) is 17.7 Å². The Morgan fingerprint density at radius 1 is 1.27 bits per heavy atom. The smallest absolute Gasteiger partial charge is 0.189 e. The average Bonchev–Trinajstić information content (AvgIpc) is 2.27. The minimum atomic E-state index is 0.169. The predicted molar refractivity (Wildman–Crippen MR) is 45.0 cm³/mol. The molecule has 0 saturated heterocycles. The van der Waals surface area contributed by atoms with Gasteiger partial charge in [-0.05, 0) is 12.1 Å². The summed E-state index contributed by atoms with van der Waals surface area (Å²) in [6, 6.07) is 7.08. The molecule has 0 atom stereocenters. The van der Waals surface area contributed by atoms with Crippen molar-refractivity contribution in [1.82, 2.24) is 4.98 Å². The van der Waals surface area contributed by atoms with E-state index in [-0.39, 0.29) is 5.88 Å². The van der Waals surface area contributed by atoms with Crippen LogP contribution in [-0.4, -0.2) is 10.1 Å². The van der Waals surface area contributed by atoms with Gasteiger partial charge in [0.1, 0.15) is 0 Å². The molecule has 0 aliphatic carbocycles. The fourth-order valence-electron chi connectivity index (χ4n) is 1.08. The molecule has 0 amide bonds. The molecule has 2 rings (SSSR count). The topological polar surface area (TPSA) is 36.0 Å². The number of aromatic nitrogens is 1. The van der Waals surface area contributed by atoms with Gasteiger partial charge in [-0.3, -0.25) is 0 Å². The molecule has 0 saturated carbocycles. The summed E-state index contributed by atoms with van der Waals surface area (Å²) in [5.74, 6) is 0.169. The van der Waals surface area contributed by atoms with Crippen LogP contribution in [0, 0.1) is 0 Å². The van der Waals surface area contributed by atoms with Crippen LogP contribution in [0.4, 0.5) is 0 Å². The first-order valence-corrected chi connectivity index (χ1v) is 3.61. The van der Waals surface area contributed by atoms with Gasteiger partial charge in [-0.15, -0.1) is 0 Å². The number of nitrogens with one attached hydrogen (secondary N) is 1. The molecule has 56 valence electrons. The van der Waals surface area contributed by atoms with Crippen LogP contribution in [0.1, 0.15) is 0 Å².